The number of aromatic carboxylic acids is 1. The van der Waals surface area contributed by atoms with E-state index in [1.54, 1.807) is 31.3 Å². The summed E-state index contributed by atoms with van der Waals surface area (Å²) in [5, 5.41) is 15.0. The minimum Gasteiger partial charge on any atom is -0.476 e. The number of nitrogens with zero attached hydrogens (tertiary/aromatic N) is 2. The maximum Gasteiger partial charge on any atom is 0.356 e. The Morgan fingerprint density at radius 1 is 1.29 bits per heavy atom. The maximum absolute atomic E-state index is 11.9. The fourth-order valence-electron chi connectivity index (χ4n) is 1.98. The molecular formula is C14H18N4O3. The number of rotatable bonds is 5. The number of aromatic nitrogens is 2. The molecule has 2 aromatic heterocycles. The van der Waals surface area contributed by atoms with Crippen LogP contribution in [0.2, 0.25) is 0 Å². The van der Waals surface area contributed by atoms with E-state index in [1.165, 1.54) is 4.40 Å². The van der Waals surface area contributed by atoms with E-state index >= 15 is 0 Å². The van der Waals surface area contributed by atoms with Crippen LogP contribution in [0, 0.1) is 0 Å². The second-order valence-corrected chi connectivity index (χ2v) is 5.07. The van der Waals surface area contributed by atoms with Crippen molar-refractivity contribution in [3.8, 4) is 0 Å². The molecule has 0 bridgehead atoms. The molecule has 0 aliphatic heterocycles. The van der Waals surface area contributed by atoms with Crippen molar-refractivity contribution < 1.29 is 14.7 Å². The number of fused-ring (bicyclic) bond motifs is 1. The first-order valence-corrected chi connectivity index (χ1v) is 6.67. The van der Waals surface area contributed by atoms with Gasteiger partial charge in [-0.3, -0.25) is 9.20 Å². The molecule has 2 heterocycles. The minimum atomic E-state index is -1.10. The summed E-state index contributed by atoms with van der Waals surface area (Å²) in [6.07, 6.45) is 1.62. The van der Waals surface area contributed by atoms with Gasteiger partial charge in [0, 0.05) is 12.2 Å². The Hall–Kier alpha value is -2.57. The first kappa shape index (κ1) is 14.8. The lowest BCUT2D eigenvalue weighted by Crippen LogP contribution is -2.41. The van der Waals surface area contributed by atoms with Crippen molar-refractivity contribution in [1.29, 1.82) is 0 Å². The van der Waals surface area contributed by atoms with Crippen LogP contribution in [0.4, 0.5) is 5.82 Å². The molecular weight excluding hydrogens is 272 g/mol. The Bertz CT molecular complexity index is 678. The Kier molecular flexibility index (Phi) is 4.11. The van der Waals surface area contributed by atoms with Gasteiger partial charge in [-0.1, -0.05) is 6.07 Å². The van der Waals surface area contributed by atoms with Crippen molar-refractivity contribution in [2.75, 3.05) is 5.32 Å². The predicted molar refractivity (Wildman–Crippen MR) is 78.5 cm³/mol. The van der Waals surface area contributed by atoms with Gasteiger partial charge >= 0.3 is 5.97 Å². The molecule has 1 amide bonds. The van der Waals surface area contributed by atoms with E-state index in [9.17, 15) is 14.7 Å². The van der Waals surface area contributed by atoms with Gasteiger partial charge in [-0.2, -0.15) is 0 Å². The fourth-order valence-corrected chi connectivity index (χ4v) is 1.98. The normalized spacial score (nSPS) is 12.4. The highest BCUT2D eigenvalue weighted by Gasteiger charge is 2.22. The minimum absolute atomic E-state index is 0.00907. The van der Waals surface area contributed by atoms with E-state index in [1.807, 2.05) is 13.8 Å². The van der Waals surface area contributed by atoms with Crippen LogP contribution in [0.15, 0.2) is 24.4 Å². The predicted octanol–water partition coefficient (Wildman–Crippen LogP) is 1.36. The topological polar surface area (TPSA) is 95.7 Å². The number of hydrogen-bond donors (Lipinski definition) is 3. The zero-order valence-electron chi connectivity index (χ0n) is 12.1. The van der Waals surface area contributed by atoms with Crippen molar-refractivity contribution in [3.05, 3.63) is 30.1 Å². The van der Waals surface area contributed by atoms with Crippen LogP contribution < -0.4 is 10.6 Å². The van der Waals surface area contributed by atoms with E-state index in [0.717, 1.165) is 0 Å². The zero-order chi connectivity index (χ0) is 15.6. The summed E-state index contributed by atoms with van der Waals surface area (Å²) in [7, 11) is 0. The number of carboxylic acid groups (broad SMARTS) is 1. The van der Waals surface area contributed by atoms with Crippen molar-refractivity contribution >= 4 is 23.3 Å². The van der Waals surface area contributed by atoms with Crippen LogP contribution in [-0.4, -0.2) is 38.5 Å². The molecule has 0 saturated carbocycles. The summed E-state index contributed by atoms with van der Waals surface area (Å²) in [5.74, 6) is -1.13. The summed E-state index contributed by atoms with van der Waals surface area (Å²) in [6, 6.07) is 4.63. The van der Waals surface area contributed by atoms with Crippen molar-refractivity contribution in [2.45, 2.75) is 32.9 Å². The van der Waals surface area contributed by atoms with Crippen LogP contribution in [-0.2, 0) is 4.79 Å². The number of imidazole rings is 1. The van der Waals surface area contributed by atoms with Gasteiger partial charge in [0.1, 0.15) is 11.7 Å². The second-order valence-electron chi connectivity index (χ2n) is 5.07. The van der Waals surface area contributed by atoms with Crippen LogP contribution >= 0.6 is 0 Å². The van der Waals surface area contributed by atoms with E-state index in [4.69, 9.17) is 0 Å². The van der Waals surface area contributed by atoms with E-state index < -0.39 is 12.0 Å². The lowest BCUT2D eigenvalue weighted by molar-refractivity contribution is -0.122. The molecule has 21 heavy (non-hydrogen) atoms. The third-order valence-corrected chi connectivity index (χ3v) is 2.91. The molecule has 2 rings (SSSR count). The maximum atomic E-state index is 11.9. The van der Waals surface area contributed by atoms with Crippen LogP contribution in [0.1, 0.15) is 31.3 Å². The monoisotopic (exact) mass is 290 g/mol. The molecule has 0 aliphatic rings. The van der Waals surface area contributed by atoms with E-state index in [-0.39, 0.29) is 23.5 Å². The van der Waals surface area contributed by atoms with Crippen LogP contribution in [0.5, 0.6) is 0 Å². The van der Waals surface area contributed by atoms with Crippen molar-refractivity contribution in [3.63, 3.8) is 0 Å². The Balaban J connectivity index is 2.31. The third-order valence-electron chi connectivity index (χ3n) is 2.91. The molecule has 0 radical (unpaired) electrons. The number of carboxylic acids is 1. The SMILES string of the molecule is CC(C)NC(=O)C(C)Nc1nc2ccccn2c1C(=O)O. The first-order valence-electron chi connectivity index (χ1n) is 6.67. The van der Waals surface area contributed by atoms with Gasteiger partial charge in [0.05, 0.1) is 0 Å². The molecule has 1 unspecified atom stereocenters. The van der Waals surface area contributed by atoms with Gasteiger partial charge in [-0.05, 0) is 32.9 Å². The van der Waals surface area contributed by atoms with Gasteiger partial charge < -0.3 is 15.7 Å². The van der Waals surface area contributed by atoms with Gasteiger partial charge in [0.15, 0.2) is 11.5 Å². The van der Waals surface area contributed by atoms with Gasteiger partial charge in [0.25, 0.3) is 0 Å². The number of carbonyl (C=O) groups is 2. The fraction of sp³-hybridized carbons (Fsp3) is 0.357. The Morgan fingerprint density at radius 3 is 2.62 bits per heavy atom. The molecule has 0 aromatic carbocycles. The average Bonchev–Trinajstić information content (AvgIpc) is 2.75. The first-order chi connectivity index (χ1) is 9.90. The van der Waals surface area contributed by atoms with E-state index in [2.05, 4.69) is 15.6 Å². The second kappa shape index (κ2) is 5.82. The molecule has 0 spiro atoms. The molecule has 2 aromatic rings. The number of carbonyl (C=O) groups excluding carboxylic acids is 1. The number of hydrogen-bond acceptors (Lipinski definition) is 4. The van der Waals surface area contributed by atoms with Crippen LogP contribution in [0.25, 0.3) is 5.65 Å². The third kappa shape index (κ3) is 3.13. The average molecular weight is 290 g/mol. The lowest BCUT2D eigenvalue weighted by Gasteiger charge is -2.16. The van der Waals surface area contributed by atoms with Gasteiger partial charge in [0.2, 0.25) is 5.91 Å². The summed E-state index contributed by atoms with van der Waals surface area (Å²) < 4.78 is 1.47. The molecule has 0 aliphatic carbocycles. The van der Waals surface area contributed by atoms with Crippen molar-refractivity contribution in [2.24, 2.45) is 0 Å². The van der Waals surface area contributed by atoms with Gasteiger partial charge in [-0.25, -0.2) is 9.78 Å². The summed E-state index contributed by atoms with van der Waals surface area (Å²) >= 11 is 0. The standard InChI is InChI=1S/C14H18N4O3/c1-8(2)15-13(19)9(3)16-12-11(14(20)21)18-7-5-4-6-10(18)17-12/h4-9,16H,1-3H3,(H,15,19)(H,20,21). The molecule has 1 atom stereocenters. The zero-order valence-corrected chi connectivity index (χ0v) is 12.1. The molecule has 112 valence electrons. The molecule has 0 saturated heterocycles. The molecule has 7 nitrogen and oxygen atoms in total. The summed E-state index contributed by atoms with van der Waals surface area (Å²) in [5.41, 5.74) is 0.517. The number of pyridine rings is 1. The molecule has 7 heteroatoms. The van der Waals surface area contributed by atoms with Gasteiger partial charge in [-0.15, -0.1) is 0 Å². The quantitative estimate of drug-likeness (QED) is 0.772. The highest BCUT2D eigenvalue weighted by Crippen LogP contribution is 2.18. The number of anilines is 1. The lowest BCUT2D eigenvalue weighted by atomic mass is 10.2. The van der Waals surface area contributed by atoms with E-state index in [0.29, 0.717) is 5.65 Å². The largest absolute Gasteiger partial charge is 0.476 e. The Morgan fingerprint density at radius 2 is 2.00 bits per heavy atom. The highest BCUT2D eigenvalue weighted by atomic mass is 16.4. The summed E-state index contributed by atoms with van der Waals surface area (Å²) in [4.78, 5) is 27.5. The number of amides is 1. The summed E-state index contributed by atoms with van der Waals surface area (Å²) in [6.45, 7) is 5.38. The molecule has 3 N–H and O–H groups in total. The van der Waals surface area contributed by atoms with Crippen LogP contribution in [0.3, 0.4) is 0 Å². The smallest absolute Gasteiger partial charge is 0.356 e. The van der Waals surface area contributed by atoms with Crippen molar-refractivity contribution in [1.82, 2.24) is 14.7 Å². The Labute approximate surface area is 122 Å². The number of nitrogens with one attached hydrogen (secondary N) is 2. The molecule has 0 fully saturated rings. The highest BCUT2D eigenvalue weighted by molar-refractivity contribution is 5.94.